The van der Waals surface area contributed by atoms with Crippen LogP contribution in [0.2, 0.25) is 0 Å². The number of carbonyl (C=O) groups excluding carboxylic acids is 1. The number of hydrogen-bond acceptors (Lipinski definition) is 1. The monoisotopic (exact) mass is 146 g/mol. The third kappa shape index (κ3) is 0.852. The Hall–Kier alpha value is -1.51. The van der Waals surface area contributed by atoms with E-state index in [9.17, 15) is 4.79 Å². The second-order valence-electron chi connectivity index (χ2n) is 2.45. The summed E-state index contributed by atoms with van der Waals surface area (Å²) in [6, 6.07) is 5.17. The molecule has 53 valence electrons. The van der Waals surface area contributed by atoms with Gasteiger partial charge in [0, 0.05) is 15.5 Å². The molecule has 0 atom stereocenters. The molecule has 0 saturated heterocycles. The lowest BCUT2D eigenvalue weighted by molar-refractivity contribution is 0.254. The van der Waals surface area contributed by atoms with Gasteiger partial charge in [-0.25, -0.2) is 0 Å². The van der Waals surface area contributed by atoms with Gasteiger partial charge in [0.15, 0.2) is 0 Å². The highest BCUT2D eigenvalue weighted by Crippen LogP contribution is 1.84. The first-order valence-electron chi connectivity index (χ1n) is 3.34. The molecule has 0 bridgehead atoms. The molecule has 0 aromatic heterocycles. The molecule has 1 aliphatic rings. The van der Waals surface area contributed by atoms with E-state index in [1.54, 1.807) is 6.07 Å². The lowest BCUT2D eigenvalue weighted by atomic mass is 10.2. The summed E-state index contributed by atoms with van der Waals surface area (Å²) in [6.07, 6.45) is 0. The van der Waals surface area contributed by atoms with Crippen molar-refractivity contribution in [1.82, 2.24) is 4.99 Å². The van der Waals surface area contributed by atoms with Crippen LogP contribution >= 0.6 is 0 Å². The number of urea groups is 1. The molecule has 0 saturated carbocycles. The number of aryl methyl sites for hydroxylation is 1. The average Bonchev–Trinajstić information content (AvgIpc) is 2.31. The molecule has 11 heavy (non-hydrogen) atoms. The maximum atomic E-state index is 10.7. The highest BCUT2D eigenvalue weighted by Gasteiger charge is 2.19. The van der Waals surface area contributed by atoms with E-state index in [1.807, 2.05) is 19.1 Å². The molecule has 0 N–H and O–H groups in total. The van der Waals surface area contributed by atoms with Gasteiger partial charge in [-0.1, -0.05) is 12.1 Å². The highest BCUT2D eigenvalue weighted by molar-refractivity contribution is 5.75. The fraction of sp³-hybridized carbons (Fsp3) is 0.125. The maximum absolute atomic E-state index is 10.7. The van der Waals surface area contributed by atoms with Crippen molar-refractivity contribution in [3.63, 3.8) is 0 Å². The minimum absolute atomic E-state index is 0.394. The lowest BCUT2D eigenvalue weighted by Gasteiger charge is -1.80. The van der Waals surface area contributed by atoms with Gasteiger partial charge in [0.2, 0.25) is 10.7 Å². The van der Waals surface area contributed by atoms with E-state index in [4.69, 9.17) is 0 Å². The Labute approximate surface area is 63.1 Å². The van der Waals surface area contributed by atoms with Gasteiger partial charge < -0.3 is 0 Å². The standard InChI is InChI=1S/C8H6N2O/c1-5-3-2-4-6-7(5)10-8(11)9-6/h2-4H,1H3/q+1. The zero-order valence-electron chi connectivity index (χ0n) is 6.03. The van der Waals surface area contributed by atoms with Crippen LogP contribution in [0.15, 0.2) is 23.2 Å². The fourth-order valence-electron chi connectivity index (χ4n) is 1.10. The summed E-state index contributed by atoms with van der Waals surface area (Å²) >= 11 is 0. The molecule has 2 rings (SSSR count). The van der Waals surface area contributed by atoms with Crippen molar-refractivity contribution in [2.75, 3.05) is 0 Å². The Kier molecular flexibility index (Phi) is 1.12. The summed E-state index contributed by atoms with van der Waals surface area (Å²) in [4.78, 5) is 18.2. The zero-order chi connectivity index (χ0) is 7.84. The topological polar surface area (TPSA) is 43.5 Å². The minimum Gasteiger partial charge on any atom is -0.190 e. The van der Waals surface area contributed by atoms with E-state index in [-0.39, 0.29) is 0 Å². The minimum atomic E-state index is -0.394. The number of nitrogens with zero attached hydrogens (tertiary/aromatic N) is 2. The Morgan fingerprint density at radius 1 is 1.45 bits per heavy atom. The predicted molar refractivity (Wildman–Crippen MR) is 38.6 cm³/mol. The highest BCUT2D eigenvalue weighted by atomic mass is 16.2. The fourth-order valence-corrected chi connectivity index (χ4v) is 1.10. The van der Waals surface area contributed by atoms with E-state index in [2.05, 4.69) is 9.98 Å². The van der Waals surface area contributed by atoms with Crippen LogP contribution in [0.5, 0.6) is 0 Å². The number of benzene rings is 1. The van der Waals surface area contributed by atoms with Crippen LogP contribution in [-0.4, -0.2) is 6.03 Å². The Bertz CT molecular complexity index is 434. The number of carbonyl (C=O) groups is 1. The number of para-hydroxylation sites is 1. The van der Waals surface area contributed by atoms with E-state index in [0.29, 0.717) is 5.36 Å². The van der Waals surface area contributed by atoms with Gasteiger partial charge in [-0.05, 0) is 13.0 Å². The van der Waals surface area contributed by atoms with Crippen molar-refractivity contribution in [3.8, 4) is 0 Å². The lowest BCUT2D eigenvalue weighted by Crippen LogP contribution is -2.27. The van der Waals surface area contributed by atoms with E-state index >= 15 is 0 Å². The summed E-state index contributed by atoms with van der Waals surface area (Å²) in [5.74, 6) is 0. The molecule has 0 spiro atoms. The molecule has 0 fully saturated rings. The quantitative estimate of drug-likeness (QED) is 0.495. The summed E-state index contributed by atoms with van der Waals surface area (Å²) in [5.41, 5.74) is 0.997. The molecule has 3 heteroatoms. The first-order chi connectivity index (χ1) is 5.27. The predicted octanol–water partition coefficient (Wildman–Crippen LogP) is -0.296. The van der Waals surface area contributed by atoms with Crippen LogP contribution in [0.4, 0.5) is 4.79 Å². The first kappa shape index (κ1) is 6.22. The van der Waals surface area contributed by atoms with Crippen LogP contribution in [0.25, 0.3) is 0 Å². The van der Waals surface area contributed by atoms with Gasteiger partial charge in [0.25, 0.3) is 0 Å². The van der Waals surface area contributed by atoms with E-state index in [1.165, 1.54) is 0 Å². The molecule has 2 amide bonds. The summed E-state index contributed by atoms with van der Waals surface area (Å²) in [5, 5.41) is 1.41. The normalized spacial score (nSPS) is 13.7. The van der Waals surface area contributed by atoms with Gasteiger partial charge >= 0.3 is 6.03 Å². The van der Waals surface area contributed by atoms with E-state index in [0.717, 1.165) is 10.9 Å². The Morgan fingerprint density at radius 2 is 2.27 bits per heavy atom. The Balaban J connectivity index is 2.97. The number of rotatable bonds is 0. The SMILES string of the molecule is Cc1cccc2c1=[N+]C(=O)N=2. The van der Waals surface area contributed by atoms with Crippen LogP contribution in [-0.2, 0) is 0 Å². The molecule has 1 aliphatic heterocycles. The van der Waals surface area contributed by atoms with Gasteiger partial charge in [-0.2, -0.15) is 4.79 Å². The molecule has 1 aromatic rings. The molecule has 0 aliphatic carbocycles. The third-order valence-electron chi connectivity index (χ3n) is 1.64. The largest absolute Gasteiger partial charge is 0.583 e. The molecule has 1 heterocycles. The van der Waals surface area contributed by atoms with Crippen LogP contribution in [0.3, 0.4) is 0 Å². The van der Waals surface area contributed by atoms with Crippen molar-refractivity contribution >= 4 is 6.03 Å². The van der Waals surface area contributed by atoms with Crippen molar-refractivity contribution < 1.29 is 4.79 Å². The number of fused-ring (bicyclic) bond motifs is 1. The zero-order valence-corrected chi connectivity index (χ0v) is 6.03. The second-order valence-corrected chi connectivity index (χ2v) is 2.45. The molecule has 1 aromatic carbocycles. The van der Waals surface area contributed by atoms with Crippen LogP contribution in [0.1, 0.15) is 5.56 Å². The van der Waals surface area contributed by atoms with Gasteiger partial charge in [0.05, 0.1) is 0 Å². The van der Waals surface area contributed by atoms with Crippen molar-refractivity contribution in [2.24, 2.45) is 4.99 Å². The maximum Gasteiger partial charge on any atom is 0.583 e. The summed E-state index contributed by atoms with van der Waals surface area (Å²) < 4.78 is 0. The average molecular weight is 146 g/mol. The van der Waals surface area contributed by atoms with E-state index < -0.39 is 6.03 Å². The molecule has 3 nitrogen and oxygen atoms in total. The number of amides is 2. The van der Waals surface area contributed by atoms with Crippen molar-refractivity contribution in [1.29, 1.82) is 0 Å². The van der Waals surface area contributed by atoms with Crippen molar-refractivity contribution in [3.05, 3.63) is 34.5 Å². The molecular weight excluding hydrogens is 140 g/mol. The molecule has 1 radical (unpaired) electrons. The summed E-state index contributed by atoms with van der Waals surface area (Å²) in [7, 11) is 0. The molecule has 0 unspecified atom stereocenters. The van der Waals surface area contributed by atoms with Gasteiger partial charge in [-0.15, -0.1) is 0 Å². The van der Waals surface area contributed by atoms with Crippen LogP contribution in [0, 0.1) is 6.92 Å². The Morgan fingerprint density at radius 3 is 3.00 bits per heavy atom. The summed E-state index contributed by atoms with van der Waals surface area (Å²) in [6.45, 7) is 1.91. The van der Waals surface area contributed by atoms with Crippen molar-refractivity contribution in [2.45, 2.75) is 6.92 Å². The van der Waals surface area contributed by atoms with Gasteiger partial charge in [0.1, 0.15) is 0 Å². The van der Waals surface area contributed by atoms with Gasteiger partial charge in [-0.3, -0.25) is 0 Å². The molecular formula is C8H6N2O+. The van der Waals surface area contributed by atoms with Crippen LogP contribution < -0.4 is 15.7 Å². The first-order valence-corrected chi connectivity index (χ1v) is 3.34. The third-order valence-corrected chi connectivity index (χ3v) is 1.64. The second kappa shape index (κ2) is 1.99. The smallest absolute Gasteiger partial charge is 0.190 e. The number of hydrogen-bond donors (Lipinski definition) is 0.